The van der Waals surface area contributed by atoms with Crippen LogP contribution in [0.3, 0.4) is 0 Å². The van der Waals surface area contributed by atoms with Crippen molar-refractivity contribution in [2.75, 3.05) is 19.8 Å². The molecule has 1 fully saturated rings. The number of aromatic nitrogens is 2. The van der Waals surface area contributed by atoms with E-state index in [2.05, 4.69) is 33.3 Å². The van der Waals surface area contributed by atoms with Crippen LogP contribution in [0.1, 0.15) is 31.2 Å². The number of halogens is 1. The summed E-state index contributed by atoms with van der Waals surface area (Å²) in [5.41, 5.74) is 2.36. The van der Waals surface area contributed by atoms with Gasteiger partial charge in [-0.15, -0.1) is 0 Å². The summed E-state index contributed by atoms with van der Waals surface area (Å²) in [5.74, 6) is 0.704. The molecule has 19 heavy (non-hydrogen) atoms. The Bertz CT molecular complexity index is 413. The van der Waals surface area contributed by atoms with E-state index in [1.165, 1.54) is 5.69 Å². The van der Waals surface area contributed by atoms with Gasteiger partial charge in [-0.3, -0.25) is 4.68 Å². The quantitative estimate of drug-likeness (QED) is 0.901. The van der Waals surface area contributed by atoms with Gasteiger partial charge in [-0.2, -0.15) is 5.10 Å². The topological polar surface area (TPSA) is 39.1 Å². The van der Waals surface area contributed by atoms with Crippen LogP contribution in [0.4, 0.5) is 0 Å². The molecule has 0 spiro atoms. The minimum absolute atomic E-state index is 0.514. The summed E-state index contributed by atoms with van der Waals surface area (Å²) >= 11 is 3.67. The molecule has 5 heteroatoms. The third-order valence-electron chi connectivity index (χ3n) is 3.98. The Morgan fingerprint density at radius 3 is 2.68 bits per heavy atom. The lowest BCUT2D eigenvalue weighted by molar-refractivity contribution is 0.0537. The van der Waals surface area contributed by atoms with Gasteiger partial charge in [0.15, 0.2) is 0 Å². The van der Waals surface area contributed by atoms with Gasteiger partial charge < -0.3 is 10.1 Å². The summed E-state index contributed by atoms with van der Waals surface area (Å²) in [6.45, 7) is 7.03. The molecule has 1 saturated heterocycles. The van der Waals surface area contributed by atoms with E-state index in [0.717, 1.165) is 49.2 Å². The lowest BCUT2D eigenvalue weighted by Crippen LogP contribution is -2.41. The fraction of sp³-hybridized carbons (Fsp3) is 0.786. The first kappa shape index (κ1) is 15.0. The van der Waals surface area contributed by atoms with Gasteiger partial charge in [0, 0.05) is 32.7 Å². The molecule has 0 radical (unpaired) electrons. The smallest absolute Gasteiger partial charge is 0.0738 e. The van der Waals surface area contributed by atoms with Crippen molar-refractivity contribution in [3.8, 4) is 0 Å². The number of hydrogen-bond donors (Lipinski definition) is 1. The number of nitrogens with zero attached hydrogens (tertiary/aromatic N) is 2. The Labute approximate surface area is 124 Å². The first-order valence-corrected chi connectivity index (χ1v) is 7.91. The first-order chi connectivity index (χ1) is 9.13. The van der Waals surface area contributed by atoms with Gasteiger partial charge in [0.2, 0.25) is 0 Å². The average molecular weight is 330 g/mol. The molecule has 4 nitrogen and oxygen atoms in total. The van der Waals surface area contributed by atoms with Crippen LogP contribution in [0.2, 0.25) is 0 Å². The van der Waals surface area contributed by atoms with Gasteiger partial charge in [-0.1, -0.05) is 6.92 Å². The number of aryl methyl sites for hydroxylation is 2. The number of likely N-dealkylation sites (N-methyl/N-ethyl adjacent to an activating group) is 1. The molecule has 1 N–H and O–H groups in total. The van der Waals surface area contributed by atoms with Crippen molar-refractivity contribution in [3.63, 3.8) is 0 Å². The van der Waals surface area contributed by atoms with Crippen LogP contribution in [-0.2, 0) is 18.2 Å². The fourth-order valence-corrected chi connectivity index (χ4v) is 3.39. The predicted molar refractivity (Wildman–Crippen MR) is 80.4 cm³/mol. The zero-order valence-electron chi connectivity index (χ0n) is 12.1. The third kappa shape index (κ3) is 3.58. The fourth-order valence-electron chi connectivity index (χ4n) is 2.90. The molecular formula is C14H24BrN3O. The van der Waals surface area contributed by atoms with Gasteiger partial charge >= 0.3 is 0 Å². The van der Waals surface area contributed by atoms with E-state index in [0.29, 0.717) is 12.0 Å². The number of nitrogens with one attached hydrogen (secondary N) is 1. The van der Waals surface area contributed by atoms with Gasteiger partial charge in [0.05, 0.1) is 15.9 Å². The van der Waals surface area contributed by atoms with E-state index < -0.39 is 0 Å². The lowest BCUT2D eigenvalue weighted by Gasteiger charge is -2.31. The summed E-state index contributed by atoms with van der Waals surface area (Å²) in [6, 6.07) is 0.514. The van der Waals surface area contributed by atoms with Crippen LogP contribution >= 0.6 is 15.9 Å². The SMILES string of the molecule is CCNC(Cc1c(Br)c(C)nn1C)C1CCOCC1. The van der Waals surface area contributed by atoms with Crippen LogP contribution in [0, 0.1) is 12.8 Å². The molecule has 0 aliphatic carbocycles. The van der Waals surface area contributed by atoms with Crippen LogP contribution in [0.15, 0.2) is 4.47 Å². The van der Waals surface area contributed by atoms with E-state index in [1.807, 2.05) is 18.7 Å². The maximum atomic E-state index is 5.48. The van der Waals surface area contributed by atoms with Crippen molar-refractivity contribution in [3.05, 3.63) is 15.9 Å². The normalized spacial score (nSPS) is 18.7. The van der Waals surface area contributed by atoms with Crippen LogP contribution in [-0.4, -0.2) is 35.6 Å². The molecule has 0 aromatic carbocycles. The Morgan fingerprint density at radius 2 is 2.16 bits per heavy atom. The Hall–Kier alpha value is -0.390. The molecule has 1 aliphatic heterocycles. The summed E-state index contributed by atoms with van der Waals surface area (Å²) < 4.78 is 8.64. The second-order valence-corrected chi connectivity index (χ2v) is 6.08. The summed E-state index contributed by atoms with van der Waals surface area (Å²) in [7, 11) is 2.03. The Kier molecular flexibility index (Phi) is 5.42. The van der Waals surface area contributed by atoms with E-state index >= 15 is 0 Å². The van der Waals surface area contributed by atoms with Crippen molar-refractivity contribution >= 4 is 15.9 Å². The van der Waals surface area contributed by atoms with Crippen LogP contribution < -0.4 is 5.32 Å². The maximum absolute atomic E-state index is 5.48. The number of ether oxygens (including phenoxy) is 1. The zero-order valence-corrected chi connectivity index (χ0v) is 13.7. The average Bonchev–Trinajstić information content (AvgIpc) is 2.65. The highest BCUT2D eigenvalue weighted by Gasteiger charge is 2.25. The van der Waals surface area contributed by atoms with E-state index in [4.69, 9.17) is 4.74 Å². The predicted octanol–water partition coefficient (Wildman–Crippen LogP) is 2.44. The second-order valence-electron chi connectivity index (χ2n) is 5.29. The van der Waals surface area contributed by atoms with Crippen molar-refractivity contribution in [1.82, 2.24) is 15.1 Å². The highest BCUT2D eigenvalue weighted by atomic mass is 79.9. The Balaban J connectivity index is 2.11. The molecule has 108 valence electrons. The Morgan fingerprint density at radius 1 is 1.47 bits per heavy atom. The van der Waals surface area contributed by atoms with Crippen LogP contribution in [0.5, 0.6) is 0 Å². The summed E-state index contributed by atoms with van der Waals surface area (Å²) in [4.78, 5) is 0. The second kappa shape index (κ2) is 6.86. The molecule has 2 heterocycles. The van der Waals surface area contributed by atoms with Crippen molar-refractivity contribution in [1.29, 1.82) is 0 Å². The highest BCUT2D eigenvalue weighted by molar-refractivity contribution is 9.10. The van der Waals surface area contributed by atoms with Crippen LogP contribution in [0.25, 0.3) is 0 Å². The number of hydrogen-bond acceptors (Lipinski definition) is 3. The molecule has 1 aromatic rings. The molecule has 1 unspecified atom stereocenters. The maximum Gasteiger partial charge on any atom is 0.0738 e. The largest absolute Gasteiger partial charge is 0.381 e. The van der Waals surface area contributed by atoms with Gasteiger partial charge in [0.25, 0.3) is 0 Å². The monoisotopic (exact) mass is 329 g/mol. The van der Waals surface area contributed by atoms with E-state index in [1.54, 1.807) is 0 Å². The van der Waals surface area contributed by atoms with Gasteiger partial charge in [-0.25, -0.2) is 0 Å². The zero-order chi connectivity index (χ0) is 13.8. The summed E-state index contributed by atoms with van der Waals surface area (Å²) in [6.07, 6.45) is 3.34. The molecule has 1 aliphatic rings. The first-order valence-electron chi connectivity index (χ1n) is 7.12. The minimum atomic E-state index is 0.514. The van der Waals surface area contributed by atoms with E-state index in [9.17, 15) is 0 Å². The van der Waals surface area contributed by atoms with Gasteiger partial charge in [0.1, 0.15) is 0 Å². The van der Waals surface area contributed by atoms with Crippen molar-refractivity contribution < 1.29 is 4.74 Å². The molecule has 1 aromatic heterocycles. The van der Waals surface area contributed by atoms with Crippen molar-refractivity contribution in [2.45, 2.75) is 39.2 Å². The standard InChI is InChI=1S/C14H24BrN3O/c1-4-16-12(11-5-7-19-8-6-11)9-13-14(15)10(2)17-18(13)3/h11-12,16H,4-9H2,1-3H3. The summed E-state index contributed by atoms with van der Waals surface area (Å²) in [5, 5.41) is 8.13. The molecule has 2 rings (SSSR count). The molecule has 0 bridgehead atoms. The molecule has 0 amide bonds. The molecule has 1 atom stereocenters. The molecular weight excluding hydrogens is 306 g/mol. The third-order valence-corrected chi connectivity index (χ3v) is 5.01. The lowest BCUT2D eigenvalue weighted by atomic mass is 9.88. The van der Waals surface area contributed by atoms with Crippen molar-refractivity contribution in [2.24, 2.45) is 13.0 Å². The van der Waals surface area contributed by atoms with E-state index in [-0.39, 0.29) is 0 Å². The highest BCUT2D eigenvalue weighted by Crippen LogP contribution is 2.26. The minimum Gasteiger partial charge on any atom is -0.381 e. The number of rotatable bonds is 5. The molecule has 0 saturated carbocycles. The van der Waals surface area contributed by atoms with Gasteiger partial charge in [-0.05, 0) is 48.2 Å².